The number of hydrogen-bond donors (Lipinski definition) is 4. The summed E-state index contributed by atoms with van der Waals surface area (Å²) < 4.78 is 10.1. The highest BCUT2D eigenvalue weighted by Gasteiger charge is 2.28. The van der Waals surface area contributed by atoms with Gasteiger partial charge in [0.1, 0.15) is 6.10 Å². The number of hydrogen-bond acceptors (Lipinski definition) is 6. The molecule has 0 heterocycles. The first-order chi connectivity index (χ1) is 11.7. The van der Waals surface area contributed by atoms with Crippen molar-refractivity contribution in [3.05, 3.63) is 0 Å². The zero-order valence-corrected chi connectivity index (χ0v) is 17.0. The Bertz CT molecular complexity index is 265. The van der Waals surface area contributed by atoms with Crippen LogP contribution in [0.5, 0.6) is 0 Å². The summed E-state index contributed by atoms with van der Waals surface area (Å²) in [7, 11) is 0. The molecule has 1 saturated carbocycles. The Morgan fingerprint density at radius 1 is 0.960 bits per heavy atom. The maximum atomic E-state index is 9.71. The van der Waals surface area contributed by atoms with Crippen molar-refractivity contribution >= 4 is 0 Å². The van der Waals surface area contributed by atoms with E-state index in [4.69, 9.17) is 24.8 Å². The van der Waals surface area contributed by atoms with Crippen LogP contribution in [-0.4, -0.2) is 65.4 Å². The normalized spacial score (nSPS) is 23.2. The molecule has 0 aliphatic heterocycles. The predicted molar refractivity (Wildman–Crippen MR) is 100 cm³/mol. The maximum absolute atomic E-state index is 9.71. The van der Waals surface area contributed by atoms with Gasteiger partial charge in [-0.05, 0) is 51.4 Å². The number of aliphatic hydroxyl groups is 4. The SMILES string of the molecule is CC1CCC(C(C)C)C(O)C1.CCOC(C)OCC.OCC(O)CO. The molecule has 4 N–H and O–H groups in total. The molecule has 1 aliphatic carbocycles. The Morgan fingerprint density at radius 3 is 1.72 bits per heavy atom. The smallest absolute Gasteiger partial charge is 0.154 e. The second-order valence-corrected chi connectivity index (χ2v) is 6.89. The van der Waals surface area contributed by atoms with Gasteiger partial charge in [-0.15, -0.1) is 0 Å². The number of ether oxygens (including phenoxy) is 2. The zero-order chi connectivity index (χ0) is 19.8. The van der Waals surface area contributed by atoms with Gasteiger partial charge in [0.2, 0.25) is 0 Å². The van der Waals surface area contributed by atoms with Gasteiger partial charge in [-0.3, -0.25) is 0 Å². The lowest BCUT2D eigenvalue weighted by molar-refractivity contribution is -0.123. The summed E-state index contributed by atoms with van der Waals surface area (Å²) in [5.74, 6) is 1.95. The van der Waals surface area contributed by atoms with Crippen molar-refractivity contribution < 1.29 is 29.9 Å². The molecule has 0 radical (unpaired) electrons. The van der Waals surface area contributed by atoms with Crippen LogP contribution in [0.4, 0.5) is 0 Å². The van der Waals surface area contributed by atoms with Crippen LogP contribution in [0.25, 0.3) is 0 Å². The van der Waals surface area contributed by atoms with Gasteiger partial charge < -0.3 is 29.9 Å². The largest absolute Gasteiger partial charge is 0.394 e. The van der Waals surface area contributed by atoms with E-state index in [1.165, 1.54) is 12.8 Å². The van der Waals surface area contributed by atoms with E-state index < -0.39 is 6.10 Å². The third-order valence-corrected chi connectivity index (χ3v) is 4.21. The Morgan fingerprint density at radius 2 is 1.44 bits per heavy atom. The molecular formula is C19H42O6. The number of rotatable bonds is 7. The van der Waals surface area contributed by atoms with Gasteiger partial charge in [0.05, 0.1) is 19.3 Å². The fourth-order valence-electron chi connectivity index (χ4n) is 2.73. The molecular weight excluding hydrogens is 324 g/mol. The molecule has 3 atom stereocenters. The minimum Gasteiger partial charge on any atom is -0.394 e. The van der Waals surface area contributed by atoms with E-state index in [1.54, 1.807) is 0 Å². The average Bonchev–Trinajstić information content (AvgIpc) is 2.55. The van der Waals surface area contributed by atoms with Gasteiger partial charge in [-0.1, -0.05) is 27.2 Å². The second-order valence-electron chi connectivity index (χ2n) is 6.89. The van der Waals surface area contributed by atoms with Crippen LogP contribution in [-0.2, 0) is 9.47 Å². The lowest BCUT2D eigenvalue weighted by atomic mass is 9.75. The Labute approximate surface area is 154 Å². The van der Waals surface area contributed by atoms with Crippen molar-refractivity contribution in [1.29, 1.82) is 0 Å². The minimum atomic E-state index is -0.954. The van der Waals surface area contributed by atoms with E-state index in [0.717, 1.165) is 25.6 Å². The lowest BCUT2D eigenvalue weighted by Crippen LogP contribution is -2.31. The molecule has 0 aromatic heterocycles. The third kappa shape index (κ3) is 15.7. The van der Waals surface area contributed by atoms with E-state index in [2.05, 4.69) is 20.8 Å². The van der Waals surface area contributed by atoms with Crippen molar-refractivity contribution in [1.82, 2.24) is 0 Å². The highest BCUT2D eigenvalue weighted by molar-refractivity contribution is 4.79. The summed E-state index contributed by atoms with van der Waals surface area (Å²) in [6, 6.07) is 0. The quantitative estimate of drug-likeness (QED) is 0.516. The molecule has 154 valence electrons. The minimum absolute atomic E-state index is 0.0289. The Kier molecular flexibility index (Phi) is 18.6. The van der Waals surface area contributed by atoms with Crippen molar-refractivity contribution in [2.45, 2.75) is 79.3 Å². The van der Waals surface area contributed by atoms with Crippen molar-refractivity contribution in [2.24, 2.45) is 17.8 Å². The summed E-state index contributed by atoms with van der Waals surface area (Å²) >= 11 is 0. The molecule has 3 unspecified atom stereocenters. The van der Waals surface area contributed by atoms with Gasteiger partial charge in [0, 0.05) is 13.2 Å². The first-order valence-corrected chi connectivity index (χ1v) is 9.54. The molecule has 0 amide bonds. The first kappa shape index (κ1) is 27.0. The lowest BCUT2D eigenvalue weighted by Gasteiger charge is -2.33. The molecule has 0 spiro atoms. The highest BCUT2D eigenvalue weighted by atomic mass is 16.7. The Balaban J connectivity index is 0. The second kappa shape index (κ2) is 17.2. The molecule has 1 rings (SSSR count). The number of aliphatic hydroxyl groups excluding tert-OH is 4. The summed E-state index contributed by atoms with van der Waals surface area (Å²) in [5.41, 5.74) is 0. The van der Waals surface area contributed by atoms with E-state index in [9.17, 15) is 5.11 Å². The summed E-state index contributed by atoms with van der Waals surface area (Å²) in [5, 5.41) is 33.7. The average molecular weight is 367 g/mol. The van der Waals surface area contributed by atoms with E-state index in [0.29, 0.717) is 11.8 Å². The van der Waals surface area contributed by atoms with Crippen LogP contribution in [0.1, 0.15) is 60.8 Å². The van der Waals surface area contributed by atoms with Crippen molar-refractivity contribution in [3.63, 3.8) is 0 Å². The standard InChI is InChI=1S/C10H20O.C6H14O2.C3H8O3/c1-7(2)9-5-4-8(3)6-10(9)11;1-4-7-6(3)8-5-2;4-1-3(6)2-5/h7-11H,4-6H2,1-3H3;6H,4-5H2,1-3H3;3-6H,1-2H2. The van der Waals surface area contributed by atoms with Gasteiger partial charge in [-0.2, -0.15) is 0 Å². The van der Waals surface area contributed by atoms with Crippen LogP contribution < -0.4 is 0 Å². The molecule has 0 saturated heterocycles. The Hall–Kier alpha value is -0.240. The molecule has 6 nitrogen and oxygen atoms in total. The van der Waals surface area contributed by atoms with E-state index >= 15 is 0 Å². The summed E-state index contributed by atoms with van der Waals surface area (Å²) in [4.78, 5) is 0. The van der Waals surface area contributed by atoms with Crippen molar-refractivity contribution in [3.8, 4) is 0 Å². The van der Waals surface area contributed by atoms with Gasteiger partial charge in [0.25, 0.3) is 0 Å². The topological polar surface area (TPSA) is 99.4 Å². The fourth-order valence-corrected chi connectivity index (χ4v) is 2.73. The predicted octanol–water partition coefficient (Wildman–Crippen LogP) is 2.18. The molecule has 0 bridgehead atoms. The van der Waals surface area contributed by atoms with Gasteiger partial charge in [0.15, 0.2) is 6.29 Å². The molecule has 1 aliphatic rings. The summed E-state index contributed by atoms with van der Waals surface area (Å²) in [6.07, 6.45) is 2.52. The van der Waals surface area contributed by atoms with Crippen LogP contribution in [0, 0.1) is 17.8 Å². The van der Waals surface area contributed by atoms with E-state index in [1.807, 2.05) is 20.8 Å². The van der Waals surface area contributed by atoms with Crippen LogP contribution in [0.3, 0.4) is 0 Å². The molecule has 25 heavy (non-hydrogen) atoms. The van der Waals surface area contributed by atoms with Crippen LogP contribution in [0.15, 0.2) is 0 Å². The van der Waals surface area contributed by atoms with Crippen LogP contribution >= 0.6 is 0 Å². The van der Waals surface area contributed by atoms with Crippen molar-refractivity contribution in [2.75, 3.05) is 26.4 Å². The summed E-state index contributed by atoms with van der Waals surface area (Å²) in [6.45, 7) is 13.2. The maximum Gasteiger partial charge on any atom is 0.154 e. The molecule has 6 heteroatoms. The van der Waals surface area contributed by atoms with Gasteiger partial charge >= 0.3 is 0 Å². The first-order valence-electron chi connectivity index (χ1n) is 9.54. The molecule has 1 fully saturated rings. The molecule has 0 aromatic carbocycles. The monoisotopic (exact) mass is 366 g/mol. The molecule has 0 aromatic rings. The highest BCUT2D eigenvalue weighted by Crippen LogP contribution is 2.33. The van der Waals surface area contributed by atoms with Gasteiger partial charge in [-0.25, -0.2) is 0 Å². The third-order valence-electron chi connectivity index (χ3n) is 4.21. The van der Waals surface area contributed by atoms with Crippen LogP contribution in [0.2, 0.25) is 0 Å². The van der Waals surface area contributed by atoms with E-state index in [-0.39, 0.29) is 25.6 Å². The fraction of sp³-hybridized carbons (Fsp3) is 1.00. The zero-order valence-electron chi connectivity index (χ0n) is 17.0.